The van der Waals surface area contributed by atoms with Gasteiger partial charge in [-0.1, -0.05) is 0 Å². The summed E-state index contributed by atoms with van der Waals surface area (Å²) in [5.74, 6) is 1.48. The molecule has 0 aliphatic heterocycles. The number of aromatic nitrogens is 3. The lowest BCUT2D eigenvalue weighted by Crippen LogP contribution is -2.29. The lowest BCUT2D eigenvalue weighted by atomic mass is 10.3. The number of pyridine rings is 1. The van der Waals surface area contributed by atoms with E-state index in [1.807, 2.05) is 32.0 Å². The standard InChI is InChI=1S/C16H21N5O.2ClH/c1-11-7-12(2)21(20-11)15-6-5-14(9-18-15)19-16(22)10-17-8-13-3-4-13;;/h5-7,9,13,17H,3-4,8,10H2,1-2H3,(H,19,22);2*1H. The Bertz CT molecular complexity index is 668. The fourth-order valence-electron chi connectivity index (χ4n) is 2.36. The molecule has 2 heterocycles. The zero-order chi connectivity index (χ0) is 15.5. The van der Waals surface area contributed by atoms with Gasteiger partial charge < -0.3 is 10.6 Å². The first-order valence-corrected chi connectivity index (χ1v) is 7.62. The summed E-state index contributed by atoms with van der Waals surface area (Å²) >= 11 is 0. The second-order valence-corrected chi connectivity index (χ2v) is 5.87. The molecule has 24 heavy (non-hydrogen) atoms. The number of rotatable bonds is 6. The van der Waals surface area contributed by atoms with E-state index in [-0.39, 0.29) is 30.7 Å². The molecule has 8 heteroatoms. The van der Waals surface area contributed by atoms with Gasteiger partial charge >= 0.3 is 0 Å². The van der Waals surface area contributed by atoms with Crippen molar-refractivity contribution in [2.75, 3.05) is 18.4 Å². The van der Waals surface area contributed by atoms with Crippen molar-refractivity contribution in [3.63, 3.8) is 0 Å². The van der Waals surface area contributed by atoms with Gasteiger partial charge in [0.2, 0.25) is 5.91 Å². The number of nitrogens with one attached hydrogen (secondary N) is 2. The van der Waals surface area contributed by atoms with Crippen molar-refractivity contribution in [3.05, 3.63) is 35.8 Å². The van der Waals surface area contributed by atoms with E-state index >= 15 is 0 Å². The van der Waals surface area contributed by atoms with Gasteiger partial charge in [-0.15, -0.1) is 24.8 Å². The van der Waals surface area contributed by atoms with Crippen LogP contribution in [0.5, 0.6) is 0 Å². The molecule has 3 rings (SSSR count). The molecule has 0 saturated heterocycles. The highest BCUT2D eigenvalue weighted by Crippen LogP contribution is 2.27. The van der Waals surface area contributed by atoms with Crippen molar-refractivity contribution in [2.24, 2.45) is 5.92 Å². The fourth-order valence-corrected chi connectivity index (χ4v) is 2.36. The van der Waals surface area contributed by atoms with Crippen LogP contribution in [0.15, 0.2) is 24.4 Å². The molecular formula is C16H23Cl2N5O. The number of aryl methyl sites for hydroxylation is 2. The third-order valence-corrected chi connectivity index (χ3v) is 3.67. The second-order valence-electron chi connectivity index (χ2n) is 5.87. The van der Waals surface area contributed by atoms with E-state index in [1.54, 1.807) is 10.9 Å². The lowest BCUT2D eigenvalue weighted by Gasteiger charge is -2.07. The molecule has 2 aromatic rings. The van der Waals surface area contributed by atoms with Gasteiger partial charge in [-0.25, -0.2) is 9.67 Å². The highest BCUT2D eigenvalue weighted by atomic mass is 35.5. The van der Waals surface area contributed by atoms with E-state index in [0.717, 1.165) is 29.7 Å². The first kappa shape index (κ1) is 20.4. The average Bonchev–Trinajstić information content (AvgIpc) is 3.24. The van der Waals surface area contributed by atoms with Crippen LogP contribution in [0.25, 0.3) is 5.82 Å². The van der Waals surface area contributed by atoms with E-state index in [4.69, 9.17) is 0 Å². The van der Waals surface area contributed by atoms with Crippen LogP contribution >= 0.6 is 24.8 Å². The zero-order valence-corrected chi connectivity index (χ0v) is 15.4. The molecule has 1 aliphatic carbocycles. The first-order chi connectivity index (χ1) is 10.6. The van der Waals surface area contributed by atoms with Crippen LogP contribution in [0.2, 0.25) is 0 Å². The molecule has 1 amide bonds. The molecule has 0 unspecified atom stereocenters. The lowest BCUT2D eigenvalue weighted by molar-refractivity contribution is -0.115. The van der Waals surface area contributed by atoms with Gasteiger partial charge in [0.05, 0.1) is 24.1 Å². The minimum absolute atomic E-state index is 0. The van der Waals surface area contributed by atoms with E-state index in [2.05, 4.69) is 20.7 Å². The van der Waals surface area contributed by atoms with Gasteiger partial charge in [0.25, 0.3) is 0 Å². The smallest absolute Gasteiger partial charge is 0.238 e. The Hall–Kier alpha value is -1.63. The summed E-state index contributed by atoms with van der Waals surface area (Å²) in [5, 5.41) is 10.4. The Balaban J connectivity index is 0.00000144. The largest absolute Gasteiger partial charge is 0.324 e. The quantitative estimate of drug-likeness (QED) is 0.818. The van der Waals surface area contributed by atoms with E-state index in [9.17, 15) is 4.79 Å². The maximum absolute atomic E-state index is 11.8. The predicted octanol–water partition coefficient (Wildman–Crippen LogP) is 2.67. The topological polar surface area (TPSA) is 71.8 Å². The van der Waals surface area contributed by atoms with Crippen molar-refractivity contribution in [3.8, 4) is 5.82 Å². The van der Waals surface area contributed by atoms with Crippen molar-refractivity contribution in [1.29, 1.82) is 0 Å². The molecule has 1 aliphatic rings. The average molecular weight is 372 g/mol. The zero-order valence-electron chi connectivity index (χ0n) is 13.8. The molecule has 132 valence electrons. The molecule has 1 fully saturated rings. The molecular weight excluding hydrogens is 349 g/mol. The monoisotopic (exact) mass is 371 g/mol. The summed E-state index contributed by atoms with van der Waals surface area (Å²) in [4.78, 5) is 16.2. The molecule has 6 nitrogen and oxygen atoms in total. The summed E-state index contributed by atoms with van der Waals surface area (Å²) in [6.07, 6.45) is 4.23. The van der Waals surface area contributed by atoms with Crippen LogP contribution in [-0.4, -0.2) is 33.8 Å². The van der Waals surface area contributed by atoms with Crippen LogP contribution in [0, 0.1) is 19.8 Å². The van der Waals surface area contributed by atoms with Crippen molar-refractivity contribution < 1.29 is 4.79 Å². The highest BCUT2D eigenvalue weighted by molar-refractivity contribution is 5.92. The van der Waals surface area contributed by atoms with Crippen LogP contribution in [0.1, 0.15) is 24.2 Å². The van der Waals surface area contributed by atoms with Gasteiger partial charge in [-0.05, 0) is 57.4 Å². The molecule has 2 aromatic heterocycles. The number of nitrogens with zero attached hydrogens (tertiary/aromatic N) is 3. The minimum atomic E-state index is -0.0404. The molecule has 2 N–H and O–H groups in total. The van der Waals surface area contributed by atoms with Gasteiger partial charge in [0, 0.05) is 5.69 Å². The number of carbonyl (C=O) groups excluding carboxylic acids is 1. The Kier molecular flexibility index (Phi) is 7.66. The van der Waals surface area contributed by atoms with E-state index in [0.29, 0.717) is 12.2 Å². The molecule has 0 atom stereocenters. The molecule has 1 saturated carbocycles. The normalized spacial score (nSPS) is 12.9. The maximum Gasteiger partial charge on any atom is 0.238 e. The summed E-state index contributed by atoms with van der Waals surface area (Å²) in [5.41, 5.74) is 2.69. The van der Waals surface area contributed by atoms with Crippen molar-refractivity contribution in [2.45, 2.75) is 26.7 Å². The highest BCUT2D eigenvalue weighted by Gasteiger charge is 2.20. The predicted molar refractivity (Wildman–Crippen MR) is 99.6 cm³/mol. The second kappa shape index (κ2) is 9.01. The number of hydrogen-bond donors (Lipinski definition) is 2. The summed E-state index contributed by atoms with van der Waals surface area (Å²) in [6, 6.07) is 5.70. The molecule has 0 aromatic carbocycles. The number of hydrogen-bond acceptors (Lipinski definition) is 4. The van der Waals surface area contributed by atoms with Crippen LogP contribution in [0.3, 0.4) is 0 Å². The molecule has 0 radical (unpaired) electrons. The number of halogens is 2. The summed E-state index contributed by atoms with van der Waals surface area (Å²) < 4.78 is 1.79. The van der Waals surface area contributed by atoms with E-state index in [1.165, 1.54) is 12.8 Å². The van der Waals surface area contributed by atoms with Crippen molar-refractivity contribution >= 4 is 36.4 Å². The van der Waals surface area contributed by atoms with Crippen molar-refractivity contribution in [1.82, 2.24) is 20.1 Å². The van der Waals surface area contributed by atoms with Gasteiger partial charge in [0.15, 0.2) is 5.82 Å². The molecule has 0 bridgehead atoms. The third kappa shape index (κ3) is 5.47. The summed E-state index contributed by atoms with van der Waals surface area (Å²) in [7, 11) is 0. The van der Waals surface area contributed by atoms with Crippen LogP contribution in [-0.2, 0) is 4.79 Å². The Labute approximate surface area is 154 Å². The third-order valence-electron chi connectivity index (χ3n) is 3.67. The van der Waals surface area contributed by atoms with Crippen LogP contribution < -0.4 is 10.6 Å². The SMILES string of the molecule is Cc1cc(C)n(-c2ccc(NC(=O)CNCC3CC3)cn2)n1.Cl.Cl. The number of anilines is 1. The minimum Gasteiger partial charge on any atom is -0.324 e. The fraction of sp³-hybridized carbons (Fsp3) is 0.438. The Morgan fingerprint density at radius 3 is 2.58 bits per heavy atom. The number of carbonyl (C=O) groups is 1. The summed E-state index contributed by atoms with van der Waals surface area (Å²) in [6.45, 7) is 5.22. The Morgan fingerprint density at radius 2 is 2.04 bits per heavy atom. The van der Waals surface area contributed by atoms with Gasteiger partial charge in [-0.2, -0.15) is 5.10 Å². The maximum atomic E-state index is 11.8. The Morgan fingerprint density at radius 1 is 1.29 bits per heavy atom. The van der Waals surface area contributed by atoms with Crippen LogP contribution in [0.4, 0.5) is 5.69 Å². The van der Waals surface area contributed by atoms with E-state index < -0.39 is 0 Å². The van der Waals surface area contributed by atoms with Gasteiger partial charge in [0.1, 0.15) is 0 Å². The molecule has 0 spiro atoms. The number of amides is 1. The first-order valence-electron chi connectivity index (χ1n) is 7.62. The van der Waals surface area contributed by atoms with Gasteiger partial charge in [-0.3, -0.25) is 4.79 Å².